The lowest BCUT2D eigenvalue weighted by molar-refractivity contribution is -0.274. The summed E-state index contributed by atoms with van der Waals surface area (Å²) in [6.07, 6.45) is -4.65. The molecule has 2 N–H and O–H groups in total. The minimum Gasteiger partial charge on any atom is -0.406 e. The maximum absolute atomic E-state index is 11.7. The maximum Gasteiger partial charge on any atom is 0.573 e. The Labute approximate surface area is 86.2 Å². The standard InChI is InChI=1S/C8H8F3NO.C2H4/c9-8(10,11)13-7-3-1-2-6(4-7)5-12;1-2/h1-4H,5,12H2;1-2H2. The molecule has 15 heavy (non-hydrogen) atoms. The monoisotopic (exact) mass is 219 g/mol. The van der Waals surface area contributed by atoms with Crippen LogP contribution in [0.3, 0.4) is 0 Å². The van der Waals surface area contributed by atoms with Gasteiger partial charge in [-0.25, -0.2) is 0 Å². The maximum atomic E-state index is 11.7. The van der Waals surface area contributed by atoms with E-state index in [4.69, 9.17) is 5.73 Å². The molecular weight excluding hydrogens is 207 g/mol. The molecule has 0 bridgehead atoms. The van der Waals surface area contributed by atoms with Gasteiger partial charge in [0, 0.05) is 6.54 Å². The van der Waals surface area contributed by atoms with Gasteiger partial charge in [0.1, 0.15) is 5.75 Å². The van der Waals surface area contributed by atoms with Gasteiger partial charge >= 0.3 is 6.36 Å². The SMILES string of the molecule is C=C.NCc1cccc(OC(F)(F)F)c1. The third-order valence-electron chi connectivity index (χ3n) is 1.37. The Hall–Kier alpha value is -1.49. The fraction of sp³-hybridized carbons (Fsp3) is 0.200. The van der Waals surface area contributed by atoms with Crippen LogP contribution in [0.2, 0.25) is 0 Å². The Kier molecular flexibility index (Phi) is 5.48. The van der Waals surface area contributed by atoms with Crippen molar-refractivity contribution in [2.24, 2.45) is 5.73 Å². The van der Waals surface area contributed by atoms with E-state index in [2.05, 4.69) is 17.9 Å². The Morgan fingerprint density at radius 2 is 1.87 bits per heavy atom. The molecule has 0 radical (unpaired) electrons. The molecule has 0 aliphatic rings. The van der Waals surface area contributed by atoms with Crippen LogP contribution in [0.5, 0.6) is 5.75 Å². The second kappa shape index (κ2) is 6.08. The van der Waals surface area contributed by atoms with Gasteiger partial charge in [-0.1, -0.05) is 12.1 Å². The van der Waals surface area contributed by atoms with Crippen molar-refractivity contribution in [1.82, 2.24) is 0 Å². The molecule has 0 aliphatic heterocycles. The van der Waals surface area contributed by atoms with Gasteiger partial charge in [-0.15, -0.1) is 26.3 Å². The van der Waals surface area contributed by atoms with Crippen LogP contribution in [0, 0.1) is 0 Å². The first-order chi connectivity index (χ1) is 7.01. The number of alkyl halides is 3. The molecule has 0 aliphatic carbocycles. The first kappa shape index (κ1) is 13.5. The summed E-state index contributed by atoms with van der Waals surface area (Å²) < 4.78 is 38.9. The summed E-state index contributed by atoms with van der Waals surface area (Å²) in [6, 6.07) is 5.58. The largest absolute Gasteiger partial charge is 0.573 e. The van der Waals surface area contributed by atoms with Crippen LogP contribution < -0.4 is 10.5 Å². The van der Waals surface area contributed by atoms with E-state index in [1.165, 1.54) is 18.2 Å². The molecule has 0 unspecified atom stereocenters. The highest BCUT2D eigenvalue weighted by molar-refractivity contribution is 5.28. The zero-order valence-electron chi connectivity index (χ0n) is 8.05. The molecule has 0 saturated heterocycles. The van der Waals surface area contributed by atoms with Gasteiger partial charge < -0.3 is 10.5 Å². The zero-order valence-corrected chi connectivity index (χ0v) is 8.05. The van der Waals surface area contributed by atoms with Gasteiger partial charge in [0.15, 0.2) is 0 Å². The van der Waals surface area contributed by atoms with Crippen molar-refractivity contribution in [3.8, 4) is 5.75 Å². The predicted molar refractivity (Wildman–Crippen MR) is 52.3 cm³/mol. The van der Waals surface area contributed by atoms with Crippen molar-refractivity contribution in [3.63, 3.8) is 0 Å². The summed E-state index contributed by atoms with van der Waals surface area (Å²) in [4.78, 5) is 0. The van der Waals surface area contributed by atoms with Crippen LogP contribution in [0.25, 0.3) is 0 Å². The second-order valence-corrected chi connectivity index (χ2v) is 2.40. The lowest BCUT2D eigenvalue weighted by atomic mass is 10.2. The summed E-state index contributed by atoms with van der Waals surface area (Å²) >= 11 is 0. The Morgan fingerprint density at radius 1 is 1.27 bits per heavy atom. The summed E-state index contributed by atoms with van der Waals surface area (Å²) in [5.74, 6) is -0.240. The number of benzene rings is 1. The van der Waals surface area contributed by atoms with Crippen molar-refractivity contribution >= 4 is 0 Å². The van der Waals surface area contributed by atoms with Crippen molar-refractivity contribution < 1.29 is 17.9 Å². The first-order valence-electron chi connectivity index (χ1n) is 4.06. The van der Waals surface area contributed by atoms with E-state index in [0.29, 0.717) is 5.56 Å². The van der Waals surface area contributed by atoms with E-state index in [1.54, 1.807) is 6.07 Å². The number of ether oxygens (including phenoxy) is 1. The molecule has 0 amide bonds. The number of halogens is 3. The van der Waals surface area contributed by atoms with Crippen LogP contribution in [-0.4, -0.2) is 6.36 Å². The molecule has 0 saturated carbocycles. The third kappa shape index (κ3) is 5.74. The van der Waals surface area contributed by atoms with E-state index >= 15 is 0 Å². The van der Waals surface area contributed by atoms with E-state index < -0.39 is 6.36 Å². The molecule has 0 fully saturated rings. The molecule has 2 nitrogen and oxygen atoms in total. The first-order valence-corrected chi connectivity index (χ1v) is 4.06. The van der Waals surface area contributed by atoms with Crippen LogP contribution >= 0.6 is 0 Å². The van der Waals surface area contributed by atoms with Gasteiger partial charge in [-0.05, 0) is 17.7 Å². The fourth-order valence-electron chi connectivity index (χ4n) is 0.870. The smallest absolute Gasteiger partial charge is 0.406 e. The average molecular weight is 219 g/mol. The topological polar surface area (TPSA) is 35.2 Å². The Morgan fingerprint density at radius 3 is 2.33 bits per heavy atom. The number of nitrogens with two attached hydrogens (primary N) is 1. The fourth-order valence-corrected chi connectivity index (χ4v) is 0.870. The van der Waals surface area contributed by atoms with Crippen LogP contribution in [-0.2, 0) is 6.54 Å². The molecular formula is C10H12F3NO. The van der Waals surface area contributed by atoms with Crippen LogP contribution in [0.1, 0.15) is 5.56 Å². The zero-order chi connectivity index (χ0) is 11.9. The highest BCUT2D eigenvalue weighted by Gasteiger charge is 2.30. The molecule has 5 heteroatoms. The Bertz CT molecular complexity index is 299. The van der Waals surface area contributed by atoms with Gasteiger partial charge in [-0.2, -0.15) is 0 Å². The van der Waals surface area contributed by atoms with Crippen molar-refractivity contribution in [1.29, 1.82) is 0 Å². The van der Waals surface area contributed by atoms with Gasteiger partial charge in [0.2, 0.25) is 0 Å². The molecule has 0 spiro atoms. The third-order valence-corrected chi connectivity index (χ3v) is 1.37. The summed E-state index contributed by atoms with van der Waals surface area (Å²) in [6.45, 7) is 6.19. The predicted octanol–water partition coefficient (Wildman–Crippen LogP) is 2.85. The minimum atomic E-state index is -4.65. The summed E-state index contributed by atoms with van der Waals surface area (Å²) in [5.41, 5.74) is 5.84. The quantitative estimate of drug-likeness (QED) is 0.776. The normalized spacial score (nSPS) is 10.1. The van der Waals surface area contributed by atoms with Crippen molar-refractivity contribution in [2.45, 2.75) is 12.9 Å². The van der Waals surface area contributed by atoms with E-state index in [-0.39, 0.29) is 12.3 Å². The molecule has 1 aromatic rings. The molecule has 1 rings (SSSR count). The number of hydrogen-bond donors (Lipinski definition) is 1. The Balaban J connectivity index is 0.000000921. The lowest BCUT2D eigenvalue weighted by Gasteiger charge is -2.09. The van der Waals surface area contributed by atoms with Crippen molar-refractivity contribution in [2.75, 3.05) is 0 Å². The molecule has 0 aromatic heterocycles. The van der Waals surface area contributed by atoms with Crippen molar-refractivity contribution in [3.05, 3.63) is 43.0 Å². The van der Waals surface area contributed by atoms with Crippen LogP contribution in [0.15, 0.2) is 37.4 Å². The second-order valence-electron chi connectivity index (χ2n) is 2.40. The van der Waals surface area contributed by atoms with Gasteiger partial charge in [0.25, 0.3) is 0 Å². The molecule has 1 aromatic carbocycles. The van der Waals surface area contributed by atoms with E-state index in [0.717, 1.165) is 0 Å². The van der Waals surface area contributed by atoms with E-state index in [1.807, 2.05) is 0 Å². The molecule has 0 atom stereocenters. The average Bonchev–Trinajstić information content (AvgIpc) is 2.19. The lowest BCUT2D eigenvalue weighted by Crippen LogP contribution is -2.17. The molecule has 0 heterocycles. The number of rotatable bonds is 2. The highest BCUT2D eigenvalue weighted by atomic mass is 19.4. The highest BCUT2D eigenvalue weighted by Crippen LogP contribution is 2.22. The molecule has 84 valence electrons. The van der Waals surface area contributed by atoms with Gasteiger partial charge in [-0.3, -0.25) is 0 Å². The minimum absolute atomic E-state index is 0.190. The van der Waals surface area contributed by atoms with Crippen LogP contribution in [0.4, 0.5) is 13.2 Å². The number of hydrogen-bond acceptors (Lipinski definition) is 2. The van der Waals surface area contributed by atoms with Gasteiger partial charge in [0.05, 0.1) is 0 Å². The summed E-state index contributed by atoms with van der Waals surface area (Å²) in [5, 5.41) is 0. The summed E-state index contributed by atoms with van der Waals surface area (Å²) in [7, 11) is 0. The van der Waals surface area contributed by atoms with E-state index in [9.17, 15) is 13.2 Å².